The monoisotopic (exact) mass is 327 g/mol. The van der Waals surface area contributed by atoms with E-state index in [1.165, 1.54) is 4.90 Å². The first-order valence-electron chi connectivity index (χ1n) is 6.81. The molecule has 1 aromatic rings. The molecule has 1 aromatic carbocycles. The molecule has 0 radical (unpaired) electrons. The summed E-state index contributed by atoms with van der Waals surface area (Å²) in [5, 5.41) is 6.96. The summed E-state index contributed by atoms with van der Waals surface area (Å²) >= 11 is 12.0. The van der Waals surface area contributed by atoms with Crippen molar-refractivity contribution in [2.45, 2.75) is 24.9 Å². The lowest BCUT2D eigenvalue weighted by atomic mass is 9.90. The molecule has 1 atom stereocenters. The van der Waals surface area contributed by atoms with Gasteiger partial charge in [-0.25, -0.2) is 4.79 Å². The normalized spacial score (nSPS) is 25.5. The molecular formula is C14H15Cl2N3O2. The number of piperidine rings is 1. The van der Waals surface area contributed by atoms with Crippen LogP contribution in [0.4, 0.5) is 4.79 Å². The first-order valence-corrected chi connectivity index (χ1v) is 7.56. The second-order valence-electron chi connectivity index (χ2n) is 5.42. The van der Waals surface area contributed by atoms with Gasteiger partial charge in [0.25, 0.3) is 5.91 Å². The molecule has 2 saturated heterocycles. The Labute approximate surface area is 132 Å². The fourth-order valence-electron chi connectivity index (χ4n) is 2.83. The summed E-state index contributed by atoms with van der Waals surface area (Å²) in [5.74, 6) is -0.189. The van der Waals surface area contributed by atoms with E-state index in [-0.39, 0.29) is 18.5 Å². The Bertz CT molecular complexity index is 600. The summed E-state index contributed by atoms with van der Waals surface area (Å²) in [5.41, 5.74) is -0.0980. The van der Waals surface area contributed by atoms with Gasteiger partial charge in [0.1, 0.15) is 5.54 Å². The number of carbonyl (C=O) groups is 2. The van der Waals surface area contributed by atoms with Crippen molar-refractivity contribution in [1.29, 1.82) is 0 Å². The Hall–Kier alpha value is -1.30. The fraction of sp³-hybridized carbons (Fsp3) is 0.429. The van der Waals surface area contributed by atoms with Crippen molar-refractivity contribution >= 4 is 35.1 Å². The molecular weight excluding hydrogens is 313 g/mol. The number of hydrogen-bond acceptors (Lipinski definition) is 3. The molecule has 2 aliphatic rings. The summed E-state index contributed by atoms with van der Waals surface area (Å²) in [6.07, 6.45) is 1.52. The largest absolute Gasteiger partial charge is 0.325 e. The second-order valence-corrected chi connectivity index (χ2v) is 6.26. The molecule has 5 nitrogen and oxygen atoms in total. The zero-order chi connectivity index (χ0) is 15.0. The number of benzene rings is 1. The van der Waals surface area contributed by atoms with E-state index in [1.807, 2.05) is 0 Å². The molecule has 2 fully saturated rings. The number of hydrogen-bond donors (Lipinski definition) is 2. The molecule has 21 heavy (non-hydrogen) atoms. The van der Waals surface area contributed by atoms with Crippen molar-refractivity contribution in [3.05, 3.63) is 33.8 Å². The van der Waals surface area contributed by atoms with E-state index in [9.17, 15) is 9.59 Å². The molecule has 2 heterocycles. The van der Waals surface area contributed by atoms with Gasteiger partial charge in [0, 0.05) is 16.6 Å². The van der Waals surface area contributed by atoms with Crippen LogP contribution in [0.15, 0.2) is 18.2 Å². The summed E-state index contributed by atoms with van der Waals surface area (Å²) in [6, 6.07) is 4.67. The van der Waals surface area contributed by atoms with Gasteiger partial charge in [-0.2, -0.15) is 0 Å². The zero-order valence-electron chi connectivity index (χ0n) is 11.3. The van der Waals surface area contributed by atoms with E-state index in [0.29, 0.717) is 28.6 Å². The van der Waals surface area contributed by atoms with Crippen molar-refractivity contribution in [1.82, 2.24) is 15.5 Å². The number of imide groups is 1. The average Bonchev–Trinajstić information content (AvgIpc) is 2.67. The van der Waals surface area contributed by atoms with Gasteiger partial charge in [0.2, 0.25) is 0 Å². The van der Waals surface area contributed by atoms with Crippen LogP contribution in [-0.4, -0.2) is 35.5 Å². The van der Waals surface area contributed by atoms with Gasteiger partial charge in [-0.3, -0.25) is 9.69 Å². The Balaban J connectivity index is 1.82. The van der Waals surface area contributed by atoms with E-state index in [0.717, 1.165) is 13.0 Å². The van der Waals surface area contributed by atoms with Crippen molar-refractivity contribution in [2.24, 2.45) is 0 Å². The molecule has 2 N–H and O–H groups in total. The zero-order valence-corrected chi connectivity index (χ0v) is 12.8. The van der Waals surface area contributed by atoms with Crippen molar-refractivity contribution < 1.29 is 9.59 Å². The van der Waals surface area contributed by atoms with Gasteiger partial charge >= 0.3 is 6.03 Å². The van der Waals surface area contributed by atoms with Crippen LogP contribution >= 0.6 is 23.2 Å². The van der Waals surface area contributed by atoms with Crippen LogP contribution in [-0.2, 0) is 11.3 Å². The maximum atomic E-state index is 12.6. The topological polar surface area (TPSA) is 61.4 Å². The van der Waals surface area contributed by atoms with Gasteiger partial charge < -0.3 is 10.6 Å². The molecule has 2 aliphatic heterocycles. The molecule has 0 aromatic heterocycles. The minimum Gasteiger partial charge on any atom is -0.322 e. The highest BCUT2D eigenvalue weighted by molar-refractivity contribution is 6.35. The van der Waals surface area contributed by atoms with Crippen LogP contribution in [0.3, 0.4) is 0 Å². The number of amides is 3. The maximum Gasteiger partial charge on any atom is 0.325 e. The van der Waals surface area contributed by atoms with Gasteiger partial charge in [0.05, 0.1) is 6.54 Å². The standard InChI is InChI=1S/C14H15Cl2N3O2/c15-10-3-2-9(11(16)6-10)7-19-12(20)14(18-13(19)21)4-1-5-17-8-14/h2-3,6,17H,1,4-5,7-8H2,(H,18,21). The highest BCUT2D eigenvalue weighted by Gasteiger charge is 2.51. The van der Waals surface area contributed by atoms with Gasteiger partial charge in [-0.1, -0.05) is 29.3 Å². The number of carbonyl (C=O) groups excluding carboxylic acids is 2. The minimum atomic E-state index is -0.797. The molecule has 1 unspecified atom stereocenters. The summed E-state index contributed by atoms with van der Waals surface area (Å²) in [7, 11) is 0. The fourth-order valence-corrected chi connectivity index (χ4v) is 3.30. The number of nitrogens with one attached hydrogen (secondary N) is 2. The molecule has 3 rings (SSSR count). The summed E-state index contributed by atoms with van der Waals surface area (Å²) in [6.45, 7) is 1.50. The van der Waals surface area contributed by atoms with Crippen LogP contribution in [0.2, 0.25) is 10.0 Å². The third-order valence-electron chi connectivity index (χ3n) is 3.97. The third-order valence-corrected chi connectivity index (χ3v) is 4.56. The van der Waals surface area contributed by atoms with Gasteiger partial charge in [0.15, 0.2) is 0 Å². The molecule has 0 saturated carbocycles. The first kappa shape index (κ1) is 14.6. The number of halogens is 2. The lowest BCUT2D eigenvalue weighted by molar-refractivity contribution is -0.132. The summed E-state index contributed by atoms with van der Waals surface area (Å²) < 4.78 is 0. The lowest BCUT2D eigenvalue weighted by Crippen LogP contribution is -2.57. The van der Waals surface area contributed by atoms with E-state index in [1.54, 1.807) is 18.2 Å². The quantitative estimate of drug-likeness (QED) is 0.818. The van der Waals surface area contributed by atoms with Crippen LogP contribution < -0.4 is 10.6 Å². The number of nitrogens with zero attached hydrogens (tertiary/aromatic N) is 1. The molecule has 0 aliphatic carbocycles. The highest BCUT2D eigenvalue weighted by Crippen LogP contribution is 2.28. The molecule has 1 spiro atoms. The van der Waals surface area contributed by atoms with E-state index < -0.39 is 5.54 Å². The molecule has 7 heteroatoms. The molecule has 112 valence electrons. The molecule has 3 amide bonds. The number of urea groups is 1. The minimum absolute atomic E-state index is 0.155. The van der Waals surface area contributed by atoms with E-state index >= 15 is 0 Å². The Morgan fingerprint density at radius 2 is 2.10 bits per heavy atom. The molecule has 0 bridgehead atoms. The Morgan fingerprint density at radius 1 is 1.29 bits per heavy atom. The van der Waals surface area contributed by atoms with Crippen LogP contribution in [0.1, 0.15) is 18.4 Å². The Morgan fingerprint density at radius 3 is 2.76 bits per heavy atom. The average molecular weight is 328 g/mol. The smallest absolute Gasteiger partial charge is 0.322 e. The SMILES string of the molecule is O=C1NC2(CCCNC2)C(=O)N1Cc1ccc(Cl)cc1Cl. The first-order chi connectivity index (χ1) is 10.0. The second kappa shape index (κ2) is 5.48. The van der Waals surface area contributed by atoms with Crippen LogP contribution in [0.5, 0.6) is 0 Å². The predicted octanol–water partition coefficient (Wildman–Crippen LogP) is 2.17. The highest BCUT2D eigenvalue weighted by atomic mass is 35.5. The van der Waals surface area contributed by atoms with E-state index in [4.69, 9.17) is 23.2 Å². The maximum absolute atomic E-state index is 12.6. The van der Waals surface area contributed by atoms with Crippen molar-refractivity contribution in [3.63, 3.8) is 0 Å². The Kier molecular flexibility index (Phi) is 3.82. The van der Waals surface area contributed by atoms with Gasteiger partial charge in [-0.15, -0.1) is 0 Å². The summed E-state index contributed by atoms with van der Waals surface area (Å²) in [4.78, 5) is 26.0. The number of rotatable bonds is 2. The third kappa shape index (κ3) is 2.61. The van der Waals surface area contributed by atoms with Crippen molar-refractivity contribution in [2.75, 3.05) is 13.1 Å². The van der Waals surface area contributed by atoms with Gasteiger partial charge in [-0.05, 0) is 37.1 Å². The van der Waals surface area contributed by atoms with Crippen molar-refractivity contribution in [3.8, 4) is 0 Å². The van der Waals surface area contributed by atoms with Crippen LogP contribution in [0, 0.1) is 0 Å². The lowest BCUT2D eigenvalue weighted by Gasteiger charge is -2.31. The predicted molar refractivity (Wildman–Crippen MR) is 80.4 cm³/mol. The van der Waals surface area contributed by atoms with E-state index in [2.05, 4.69) is 10.6 Å². The van der Waals surface area contributed by atoms with Crippen LogP contribution in [0.25, 0.3) is 0 Å².